The molecule has 3 rings (SSSR count). The molecule has 1 unspecified atom stereocenters. The summed E-state index contributed by atoms with van der Waals surface area (Å²) in [7, 11) is 0. The molecule has 0 bridgehead atoms. The third kappa shape index (κ3) is 5.55. The summed E-state index contributed by atoms with van der Waals surface area (Å²) in [6.45, 7) is 4.13. The first-order chi connectivity index (χ1) is 13.9. The molecule has 4 N–H and O–H groups in total. The predicted octanol–water partition coefficient (Wildman–Crippen LogP) is 0.529. The number of hydrogen-bond donors (Lipinski definition) is 4. The Balaban J connectivity index is 1.59. The van der Waals surface area contributed by atoms with Gasteiger partial charge in [-0.1, -0.05) is 19.8 Å². The Morgan fingerprint density at radius 3 is 2.76 bits per heavy atom. The van der Waals surface area contributed by atoms with Gasteiger partial charge < -0.3 is 16.0 Å². The van der Waals surface area contributed by atoms with E-state index in [0.717, 1.165) is 31.4 Å². The minimum atomic E-state index is -0.905. The highest BCUT2D eigenvalue weighted by Crippen LogP contribution is 2.35. The summed E-state index contributed by atoms with van der Waals surface area (Å²) in [6.07, 6.45) is 4.50. The van der Waals surface area contributed by atoms with Gasteiger partial charge in [0.15, 0.2) is 0 Å². The Kier molecular flexibility index (Phi) is 6.50. The van der Waals surface area contributed by atoms with Crippen LogP contribution in [0.25, 0.3) is 0 Å². The van der Waals surface area contributed by atoms with E-state index < -0.39 is 23.9 Å². The highest BCUT2D eigenvalue weighted by Gasteiger charge is 2.31. The van der Waals surface area contributed by atoms with Crippen molar-refractivity contribution >= 4 is 23.8 Å². The van der Waals surface area contributed by atoms with Gasteiger partial charge in [-0.05, 0) is 32.3 Å². The fourth-order valence-electron chi connectivity index (χ4n) is 3.33. The van der Waals surface area contributed by atoms with Crippen LogP contribution in [0.2, 0.25) is 0 Å². The summed E-state index contributed by atoms with van der Waals surface area (Å²) in [5, 5.41) is 14.7. The van der Waals surface area contributed by atoms with Gasteiger partial charge in [-0.3, -0.25) is 24.4 Å². The summed E-state index contributed by atoms with van der Waals surface area (Å²) >= 11 is 0. The molecular weight excluding hydrogens is 376 g/mol. The molecule has 0 spiro atoms. The minimum absolute atomic E-state index is 0.108. The molecule has 1 aliphatic heterocycles. The lowest BCUT2D eigenvalue weighted by Gasteiger charge is -2.24. The Labute approximate surface area is 169 Å². The van der Waals surface area contributed by atoms with Gasteiger partial charge in [0.25, 0.3) is 5.91 Å². The average molecular weight is 404 g/mol. The molecule has 2 atom stereocenters. The highest BCUT2D eigenvalue weighted by molar-refractivity contribution is 6.02. The lowest BCUT2D eigenvalue weighted by atomic mass is 10.1. The molecule has 0 radical (unpaired) electrons. The molecule has 1 aromatic heterocycles. The van der Waals surface area contributed by atoms with E-state index in [-0.39, 0.29) is 24.9 Å². The number of unbranched alkanes of at least 4 members (excludes halogenated alkanes) is 1. The van der Waals surface area contributed by atoms with E-state index in [2.05, 4.69) is 33.3 Å². The maximum atomic E-state index is 12.8. The van der Waals surface area contributed by atoms with Gasteiger partial charge in [0.05, 0.1) is 18.2 Å². The van der Waals surface area contributed by atoms with Gasteiger partial charge in [-0.15, -0.1) is 0 Å². The van der Waals surface area contributed by atoms with Crippen LogP contribution in [0, 0.1) is 6.92 Å². The Morgan fingerprint density at radius 2 is 2.10 bits per heavy atom. The monoisotopic (exact) mass is 404 g/mol. The second-order valence-electron chi connectivity index (χ2n) is 7.68. The van der Waals surface area contributed by atoms with Crippen molar-refractivity contribution in [3.05, 3.63) is 17.5 Å². The largest absolute Gasteiger partial charge is 0.352 e. The fourth-order valence-corrected chi connectivity index (χ4v) is 3.33. The van der Waals surface area contributed by atoms with Crippen molar-refractivity contribution in [3.63, 3.8) is 0 Å². The highest BCUT2D eigenvalue weighted by atomic mass is 16.2. The number of aromatic nitrogens is 2. The zero-order valence-electron chi connectivity index (χ0n) is 16.8. The lowest BCUT2D eigenvalue weighted by molar-refractivity contribution is -0.128. The van der Waals surface area contributed by atoms with Crippen LogP contribution in [0.4, 0.5) is 4.79 Å². The molecule has 2 aliphatic rings. The summed E-state index contributed by atoms with van der Waals surface area (Å²) in [5.41, 5.74) is 1.33. The van der Waals surface area contributed by atoms with Crippen LogP contribution in [0.1, 0.15) is 67.7 Å². The van der Waals surface area contributed by atoms with Crippen molar-refractivity contribution in [2.75, 3.05) is 6.54 Å². The van der Waals surface area contributed by atoms with Crippen LogP contribution in [0.15, 0.2) is 6.07 Å². The van der Waals surface area contributed by atoms with Crippen LogP contribution in [0.5, 0.6) is 0 Å². The normalized spacial score (nSPS) is 19.9. The van der Waals surface area contributed by atoms with E-state index in [0.29, 0.717) is 18.2 Å². The van der Waals surface area contributed by atoms with Gasteiger partial charge >= 0.3 is 6.03 Å². The molecule has 29 heavy (non-hydrogen) atoms. The third-order valence-corrected chi connectivity index (χ3v) is 5.01. The van der Waals surface area contributed by atoms with Crippen LogP contribution in [-0.4, -0.2) is 52.2 Å². The number of carbonyl (C=O) groups excluding carboxylic acids is 4. The number of nitrogens with zero attached hydrogens (tertiary/aromatic N) is 2. The lowest BCUT2D eigenvalue weighted by Crippen LogP contribution is -2.58. The quantitative estimate of drug-likeness (QED) is 0.476. The smallest absolute Gasteiger partial charge is 0.322 e. The number of nitrogens with one attached hydrogen (secondary N) is 4. The number of rotatable bonds is 9. The van der Waals surface area contributed by atoms with E-state index in [1.165, 1.54) is 0 Å². The molecule has 2 heterocycles. The van der Waals surface area contributed by atoms with Crippen molar-refractivity contribution < 1.29 is 19.2 Å². The van der Waals surface area contributed by atoms with Gasteiger partial charge in [-0.25, -0.2) is 4.79 Å². The molecule has 1 aliphatic carbocycles. The van der Waals surface area contributed by atoms with E-state index in [1.54, 1.807) is 10.7 Å². The maximum Gasteiger partial charge on any atom is 0.322 e. The number of aryl methyl sites for hydroxylation is 1. The van der Waals surface area contributed by atoms with E-state index in [9.17, 15) is 19.2 Å². The number of carbonyl (C=O) groups is 4. The van der Waals surface area contributed by atoms with Crippen molar-refractivity contribution in [1.82, 2.24) is 31.0 Å². The van der Waals surface area contributed by atoms with Crippen molar-refractivity contribution in [2.24, 2.45) is 0 Å². The van der Waals surface area contributed by atoms with E-state index in [4.69, 9.17) is 0 Å². The SMILES string of the molecule is CCCCC(CNC(=O)[C@@H]1CC(=O)NC(=O)N1)NC(=O)c1cc(C)nn1C1CC1. The first-order valence-electron chi connectivity index (χ1n) is 10.1. The van der Waals surface area contributed by atoms with Crippen molar-refractivity contribution in [1.29, 1.82) is 0 Å². The standard InChI is InChI=1S/C19H28N6O4/c1-3-4-5-12(10-20-17(27)14-9-16(26)23-19(29)22-14)21-18(28)15-8-11(2)24-25(15)13-6-7-13/h8,12-14H,3-7,9-10H2,1-2H3,(H,20,27)(H,21,28)(H2,22,23,26,29)/t12?,14-/m0/s1. The number of urea groups is 1. The zero-order valence-corrected chi connectivity index (χ0v) is 16.8. The first kappa shape index (κ1) is 20.8. The van der Waals surface area contributed by atoms with Crippen molar-refractivity contribution in [2.45, 2.75) is 70.5 Å². The zero-order chi connectivity index (χ0) is 21.0. The number of hydrogen-bond acceptors (Lipinski definition) is 5. The fraction of sp³-hybridized carbons (Fsp3) is 0.632. The van der Waals surface area contributed by atoms with Crippen LogP contribution >= 0.6 is 0 Å². The molecule has 10 heteroatoms. The summed E-state index contributed by atoms with van der Waals surface area (Å²) in [6, 6.07) is 0.222. The molecule has 10 nitrogen and oxygen atoms in total. The van der Waals surface area contributed by atoms with Crippen LogP contribution < -0.4 is 21.3 Å². The molecule has 1 aromatic rings. The van der Waals surface area contributed by atoms with E-state index in [1.807, 2.05) is 6.92 Å². The van der Waals surface area contributed by atoms with E-state index >= 15 is 0 Å². The van der Waals surface area contributed by atoms with Gasteiger partial charge in [0.1, 0.15) is 11.7 Å². The van der Waals surface area contributed by atoms with Crippen LogP contribution in [0.3, 0.4) is 0 Å². The molecule has 1 saturated heterocycles. The molecule has 0 aromatic carbocycles. The van der Waals surface area contributed by atoms with Gasteiger partial charge in [0, 0.05) is 12.6 Å². The second kappa shape index (κ2) is 9.06. The van der Waals surface area contributed by atoms with Gasteiger partial charge in [-0.2, -0.15) is 5.10 Å². The molecule has 2 fully saturated rings. The minimum Gasteiger partial charge on any atom is -0.352 e. The van der Waals surface area contributed by atoms with Gasteiger partial charge in [0.2, 0.25) is 11.8 Å². The summed E-state index contributed by atoms with van der Waals surface area (Å²) in [5.74, 6) is -1.14. The Bertz CT molecular complexity index is 785. The Morgan fingerprint density at radius 1 is 1.34 bits per heavy atom. The molecule has 158 valence electrons. The molecule has 5 amide bonds. The van der Waals surface area contributed by atoms with Crippen molar-refractivity contribution in [3.8, 4) is 0 Å². The van der Waals surface area contributed by atoms with Crippen LogP contribution in [-0.2, 0) is 9.59 Å². The molecular formula is C19H28N6O4. The third-order valence-electron chi connectivity index (χ3n) is 5.01. The summed E-state index contributed by atoms with van der Waals surface area (Å²) < 4.78 is 1.79. The first-order valence-corrected chi connectivity index (χ1v) is 10.1. The second-order valence-corrected chi connectivity index (χ2v) is 7.68. The average Bonchev–Trinajstić information content (AvgIpc) is 3.44. The molecule has 1 saturated carbocycles. The number of amides is 5. The summed E-state index contributed by atoms with van der Waals surface area (Å²) in [4.78, 5) is 48.0. The number of imide groups is 1. The predicted molar refractivity (Wildman–Crippen MR) is 104 cm³/mol. The maximum absolute atomic E-state index is 12.8. The topological polar surface area (TPSA) is 134 Å². The Hall–Kier alpha value is -2.91.